The van der Waals surface area contributed by atoms with Gasteiger partial charge in [-0.2, -0.15) is 0 Å². The first-order valence-electron chi connectivity index (χ1n) is 8.41. The van der Waals surface area contributed by atoms with E-state index in [2.05, 4.69) is 11.6 Å². The van der Waals surface area contributed by atoms with Crippen molar-refractivity contribution >= 4 is 33.0 Å². The van der Waals surface area contributed by atoms with Crippen LogP contribution in [0.1, 0.15) is 44.1 Å². The van der Waals surface area contributed by atoms with Crippen LogP contribution in [0.15, 0.2) is 46.7 Å². The fraction of sp³-hybridized carbons (Fsp3) is 0.444. The van der Waals surface area contributed by atoms with E-state index in [1.165, 1.54) is 6.07 Å². The van der Waals surface area contributed by atoms with Crippen LogP contribution in [0, 0.1) is 0 Å². The largest absolute Gasteiger partial charge is 0.395 e. The highest BCUT2D eigenvalue weighted by Crippen LogP contribution is 2.29. The molecular formula is C18H24ClNO3S2. The van der Waals surface area contributed by atoms with Crippen LogP contribution in [0.25, 0.3) is 0 Å². The van der Waals surface area contributed by atoms with Crippen LogP contribution < -0.4 is 4.72 Å². The molecule has 0 unspecified atom stereocenters. The predicted octanol–water partition coefficient (Wildman–Crippen LogP) is 4.40. The highest BCUT2D eigenvalue weighted by Gasteiger charge is 2.28. The van der Waals surface area contributed by atoms with Gasteiger partial charge in [0.1, 0.15) is 4.21 Å². The number of rotatable bonds is 10. The smallest absolute Gasteiger partial charge is 0.250 e. The second-order valence-electron chi connectivity index (χ2n) is 5.98. The lowest BCUT2D eigenvalue weighted by Gasteiger charge is -2.27. The molecule has 0 radical (unpaired) electrons. The normalized spacial score (nSPS) is 14.4. The van der Waals surface area contributed by atoms with Crippen molar-refractivity contribution in [3.8, 4) is 0 Å². The van der Waals surface area contributed by atoms with Gasteiger partial charge in [0.2, 0.25) is 10.0 Å². The van der Waals surface area contributed by atoms with Crippen molar-refractivity contribution < 1.29 is 13.5 Å². The SMILES string of the molecule is CCCCC[C@H](c1ccccc1)[C@@H](CO)NS(=O)(=O)c1ccc(Cl)s1. The van der Waals surface area contributed by atoms with Gasteiger partial charge in [0.25, 0.3) is 0 Å². The van der Waals surface area contributed by atoms with Crippen LogP contribution in [-0.4, -0.2) is 26.2 Å². The molecule has 0 aliphatic rings. The summed E-state index contributed by atoms with van der Waals surface area (Å²) >= 11 is 6.87. The Labute approximate surface area is 158 Å². The van der Waals surface area contributed by atoms with Gasteiger partial charge in [-0.25, -0.2) is 13.1 Å². The summed E-state index contributed by atoms with van der Waals surface area (Å²) in [7, 11) is -3.71. The van der Waals surface area contributed by atoms with E-state index in [4.69, 9.17) is 11.6 Å². The molecule has 25 heavy (non-hydrogen) atoms. The van der Waals surface area contributed by atoms with Gasteiger partial charge in [0.15, 0.2) is 0 Å². The highest BCUT2D eigenvalue weighted by atomic mass is 35.5. The number of nitrogens with one attached hydrogen (secondary N) is 1. The molecule has 1 aromatic carbocycles. The van der Waals surface area contributed by atoms with Crippen LogP contribution in [0.2, 0.25) is 4.34 Å². The summed E-state index contributed by atoms with van der Waals surface area (Å²) in [6, 6.07) is 12.2. The maximum atomic E-state index is 12.6. The van der Waals surface area contributed by atoms with Crippen molar-refractivity contribution in [2.24, 2.45) is 0 Å². The van der Waals surface area contributed by atoms with Gasteiger partial charge < -0.3 is 5.11 Å². The van der Waals surface area contributed by atoms with E-state index < -0.39 is 16.1 Å². The van der Waals surface area contributed by atoms with Gasteiger partial charge in [0.05, 0.1) is 17.0 Å². The minimum Gasteiger partial charge on any atom is -0.395 e. The Hall–Kier alpha value is -0.920. The predicted molar refractivity (Wildman–Crippen MR) is 104 cm³/mol. The minimum absolute atomic E-state index is 0.0806. The monoisotopic (exact) mass is 401 g/mol. The van der Waals surface area contributed by atoms with Crippen LogP contribution in [0.5, 0.6) is 0 Å². The zero-order valence-electron chi connectivity index (χ0n) is 14.2. The van der Waals surface area contributed by atoms with Gasteiger partial charge in [-0.15, -0.1) is 11.3 Å². The molecule has 0 aliphatic heterocycles. The highest BCUT2D eigenvalue weighted by molar-refractivity contribution is 7.91. The molecular weight excluding hydrogens is 378 g/mol. The molecule has 2 N–H and O–H groups in total. The van der Waals surface area contributed by atoms with Crippen molar-refractivity contribution in [3.63, 3.8) is 0 Å². The van der Waals surface area contributed by atoms with Gasteiger partial charge in [-0.3, -0.25) is 0 Å². The summed E-state index contributed by atoms with van der Waals surface area (Å²) in [5.74, 6) is -0.0806. The van der Waals surface area contributed by atoms with Crippen LogP contribution in [0.3, 0.4) is 0 Å². The van der Waals surface area contributed by atoms with Crippen molar-refractivity contribution in [2.45, 2.75) is 48.8 Å². The Kier molecular flexibility index (Phi) is 7.90. The standard InChI is InChI=1S/C18H24ClNO3S2/c1-2-3-5-10-15(14-8-6-4-7-9-14)16(13-21)20-25(22,23)18-12-11-17(19)24-18/h4,6-9,11-12,15-16,20-21H,2-3,5,10,13H2,1H3/t15-,16-/m1/s1. The molecule has 7 heteroatoms. The van der Waals surface area contributed by atoms with Crippen LogP contribution in [0.4, 0.5) is 0 Å². The Balaban J connectivity index is 2.23. The third-order valence-electron chi connectivity index (χ3n) is 4.15. The Morgan fingerprint density at radius 2 is 1.88 bits per heavy atom. The number of aliphatic hydroxyl groups is 1. The molecule has 0 bridgehead atoms. The topological polar surface area (TPSA) is 66.4 Å². The van der Waals surface area contributed by atoms with Crippen LogP contribution in [-0.2, 0) is 10.0 Å². The number of sulfonamides is 1. The number of hydrogen-bond donors (Lipinski definition) is 2. The van der Waals surface area contributed by atoms with Crippen molar-refractivity contribution in [3.05, 3.63) is 52.4 Å². The van der Waals surface area contributed by atoms with Crippen molar-refractivity contribution in [1.82, 2.24) is 4.72 Å². The molecule has 4 nitrogen and oxygen atoms in total. The molecule has 2 atom stereocenters. The second-order valence-corrected chi connectivity index (χ2v) is 9.64. The van der Waals surface area contributed by atoms with E-state index in [1.54, 1.807) is 6.07 Å². The summed E-state index contributed by atoms with van der Waals surface area (Å²) in [6.45, 7) is 1.87. The maximum absolute atomic E-state index is 12.6. The summed E-state index contributed by atoms with van der Waals surface area (Å²) in [5, 5.41) is 9.88. The van der Waals surface area contributed by atoms with E-state index in [0.29, 0.717) is 4.34 Å². The molecule has 0 amide bonds. The Morgan fingerprint density at radius 3 is 2.44 bits per heavy atom. The molecule has 1 heterocycles. The lowest BCUT2D eigenvalue weighted by atomic mass is 9.87. The summed E-state index contributed by atoms with van der Waals surface area (Å²) in [6.07, 6.45) is 3.97. The number of unbranched alkanes of at least 4 members (excludes halogenated alkanes) is 2. The summed E-state index contributed by atoms with van der Waals surface area (Å²) in [5.41, 5.74) is 1.03. The van der Waals surface area contributed by atoms with Gasteiger partial charge in [-0.1, -0.05) is 68.1 Å². The fourth-order valence-electron chi connectivity index (χ4n) is 2.86. The van der Waals surface area contributed by atoms with E-state index >= 15 is 0 Å². The Morgan fingerprint density at radius 1 is 1.16 bits per heavy atom. The number of benzene rings is 1. The average molecular weight is 402 g/mol. The third-order valence-corrected chi connectivity index (χ3v) is 7.36. The average Bonchev–Trinajstić information content (AvgIpc) is 3.05. The van der Waals surface area contributed by atoms with Crippen LogP contribution >= 0.6 is 22.9 Å². The first-order chi connectivity index (χ1) is 12.0. The number of thiophene rings is 1. The fourth-order valence-corrected chi connectivity index (χ4v) is 5.63. The van der Waals surface area contributed by atoms with E-state index in [1.807, 2.05) is 30.3 Å². The van der Waals surface area contributed by atoms with E-state index in [-0.39, 0.29) is 16.7 Å². The first-order valence-corrected chi connectivity index (χ1v) is 11.1. The molecule has 0 aliphatic carbocycles. The third kappa shape index (κ3) is 5.79. The minimum atomic E-state index is -3.71. The maximum Gasteiger partial charge on any atom is 0.250 e. The van der Waals surface area contributed by atoms with Gasteiger partial charge >= 0.3 is 0 Å². The van der Waals surface area contributed by atoms with E-state index in [9.17, 15) is 13.5 Å². The number of hydrogen-bond acceptors (Lipinski definition) is 4. The van der Waals surface area contributed by atoms with Gasteiger partial charge in [-0.05, 0) is 24.1 Å². The molecule has 0 saturated heterocycles. The molecule has 2 aromatic rings. The van der Waals surface area contributed by atoms with Crippen molar-refractivity contribution in [2.75, 3.05) is 6.61 Å². The molecule has 138 valence electrons. The summed E-state index contributed by atoms with van der Waals surface area (Å²) < 4.78 is 28.5. The Bertz CT molecular complexity index is 747. The van der Waals surface area contributed by atoms with Crippen molar-refractivity contribution in [1.29, 1.82) is 0 Å². The first kappa shape index (κ1) is 20.4. The lowest BCUT2D eigenvalue weighted by molar-refractivity contribution is 0.233. The lowest BCUT2D eigenvalue weighted by Crippen LogP contribution is -2.41. The quantitative estimate of drug-likeness (QED) is 0.579. The van der Waals surface area contributed by atoms with Gasteiger partial charge in [0, 0.05) is 5.92 Å². The zero-order valence-corrected chi connectivity index (χ0v) is 16.6. The molecule has 1 aromatic heterocycles. The molecule has 0 fully saturated rings. The summed E-state index contributed by atoms with van der Waals surface area (Å²) in [4.78, 5) is 0. The second kappa shape index (κ2) is 9.69. The number of aliphatic hydroxyl groups excluding tert-OH is 1. The number of halogens is 1. The molecule has 0 saturated carbocycles. The van der Waals surface area contributed by atoms with E-state index in [0.717, 1.165) is 42.6 Å². The molecule has 0 spiro atoms. The zero-order chi connectivity index (χ0) is 18.3. The molecule has 2 rings (SSSR count).